The van der Waals surface area contributed by atoms with E-state index in [1.807, 2.05) is 0 Å². The van der Waals surface area contributed by atoms with E-state index in [2.05, 4.69) is 271 Å². The molecule has 0 heterocycles. The first-order valence-corrected chi connectivity index (χ1v) is 22.5. The van der Waals surface area contributed by atoms with Crippen molar-refractivity contribution in [1.82, 2.24) is 0 Å². The van der Waals surface area contributed by atoms with Crippen LogP contribution in [0.1, 0.15) is 22.6 Å². The minimum absolute atomic E-state index is 0.102. The SMILES string of the molecule is c1ccc(C2c3ccccc3-c3cc(-c4ccc(N(c5ccccc5)c5cccc6ccccc56)cc4)cc(-c4ccc(N(c5ccccc5)c5cccc6ccccc56)cc4)c32)cc1. The van der Waals surface area contributed by atoms with Gasteiger partial charge in [-0.15, -0.1) is 0 Å². The number of hydrogen-bond acceptors (Lipinski definition) is 2. The third-order valence-electron chi connectivity index (χ3n) is 13.1. The minimum atomic E-state index is 0.102. The molecule has 11 aromatic rings. The van der Waals surface area contributed by atoms with Crippen LogP contribution >= 0.6 is 0 Å². The summed E-state index contributed by atoms with van der Waals surface area (Å²) in [6.45, 7) is 0. The highest BCUT2D eigenvalue weighted by Crippen LogP contribution is 2.53. The Morgan fingerprint density at radius 2 is 0.708 bits per heavy atom. The van der Waals surface area contributed by atoms with Crippen LogP contribution in [0.25, 0.3) is 54.9 Å². The molecule has 1 aliphatic carbocycles. The number of para-hydroxylation sites is 2. The predicted molar refractivity (Wildman–Crippen MR) is 275 cm³/mol. The molecule has 0 saturated heterocycles. The Morgan fingerprint density at radius 3 is 1.28 bits per heavy atom. The second-order valence-electron chi connectivity index (χ2n) is 16.8. The number of nitrogens with zero attached hydrogens (tertiary/aromatic N) is 2. The number of hydrogen-bond donors (Lipinski definition) is 0. The average Bonchev–Trinajstić information content (AvgIpc) is 3.72. The largest absolute Gasteiger partial charge is 0.310 e. The first-order chi connectivity index (χ1) is 32.3. The van der Waals surface area contributed by atoms with E-state index in [1.165, 1.54) is 71.6 Å². The lowest BCUT2D eigenvalue weighted by Gasteiger charge is -2.27. The van der Waals surface area contributed by atoms with Crippen molar-refractivity contribution < 1.29 is 0 Å². The van der Waals surface area contributed by atoms with Crippen molar-refractivity contribution in [1.29, 1.82) is 0 Å². The number of rotatable bonds is 9. The standard InChI is InChI=1S/C63H44N2/c1-4-20-48(21-5-1)62-57-31-15-14-30-56(57)59-43-49(44-34-38-52(39-35-44)64(50-24-6-2-7-25-50)60-32-16-22-45-18-10-12-28-54(45)60)42-58(63(59)62)47-36-40-53(41-37-47)65(51-26-8-3-9-27-51)61-33-17-23-46-19-11-13-29-55(46)61/h1-43,62H. The van der Waals surface area contributed by atoms with Gasteiger partial charge in [0, 0.05) is 39.4 Å². The van der Waals surface area contributed by atoms with Crippen LogP contribution in [0.15, 0.2) is 261 Å². The molecule has 65 heavy (non-hydrogen) atoms. The molecule has 0 bridgehead atoms. The highest BCUT2D eigenvalue weighted by Gasteiger charge is 2.33. The van der Waals surface area contributed by atoms with Crippen LogP contribution in [0.3, 0.4) is 0 Å². The van der Waals surface area contributed by atoms with Crippen LogP contribution in [0.2, 0.25) is 0 Å². The monoisotopic (exact) mass is 828 g/mol. The van der Waals surface area contributed by atoms with Crippen LogP contribution < -0.4 is 9.80 Å². The molecule has 0 amide bonds. The fourth-order valence-corrected chi connectivity index (χ4v) is 10.1. The van der Waals surface area contributed by atoms with Gasteiger partial charge in [-0.2, -0.15) is 0 Å². The summed E-state index contributed by atoms with van der Waals surface area (Å²) in [5, 5.41) is 4.87. The molecule has 2 nitrogen and oxygen atoms in total. The van der Waals surface area contributed by atoms with Crippen LogP contribution in [0.4, 0.5) is 34.1 Å². The zero-order chi connectivity index (χ0) is 43.1. The first-order valence-electron chi connectivity index (χ1n) is 22.5. The van der Waals surface area contributed by atoms with Crippen LogP contribution in [-0.4, -0.2) is 0 Å². The molecule has 0 spiro atoms. The molecule has 11 aromatic carbocycles. The normalized spacial score (nSPS) is 12.8. The summed E-state index contributed by atoms with van der Waals surface area (Å²) in [7, 11) is 0. The van der Waals surface area contributed by atoms with Gasteiger partial charge in [0.25, 0.3) is 0 Å². The van der Waals surface area contributed by atoms with E-state index in [-0.39, 0.29) is 5.92 Å². The minimum Gasteiger partial charge on any atom is -0.310 e. The Kier molecular flexibility index (Phi) is 9.61. The summed E-state index contributed by atoms with van der Waals surface area (Å²) < 4.78 is 0. The second kappa shape index (κ2) is 16.3. The van der Waals surface area contributed by atoms with Crippen molar-refractivity contribution in [2.75, 3.05) is 9.80 Å². The number of fused-ring (bicyclic) bond motifs is 5. The summed E-state index contributed by atoms with van der Waals surface area (Å²) in [5.41, 5.74) is 18.1. The third-order valence-corrected chi connectivity index (χ3v) is 13.1. The molecule has 0 radical (unpaired) electrons. The Hall–Kier alpha value is -8.46. The summed E-state index contributed by atoms with van der Waals surface area (Å²) in [6, 6.07) is 95.1. The average molecular weight is 829 g/mol. The smallest absolute Gasteiger partial charge is 0.0540 e. The van der Waals surface area contributed by atoms with Crippen molar-refractivity contribution in [3.05, 3.63) is 278 Å². The van der Waals surface area contributed by atoms with E-state index in [9.17, 15) is 0 Å². The van der Waals surface area contributed by atoms with Gasteiger partial charge in [-0.25, -0.2) is 0 Å². The van der Waals surface area contributed by atoms with Gasteiger partial charge >= 0.3 is 0 Å². The van der Waals surface area contributed by atoms with Gasteiger partial charge < -0.3 is 9.80 Å². The molecule has 12 rings (SSSR count). The molecule has 1 unspecified atom stereocenters. The molecule has 1 atom stereocenters. The predicted octanol–water partition coefficient (Wildman–Crippen LogP) is 17.4. The fraction of sp³-hybridized carbons (Fsp3) is 0.0159. The van der Waals surface area contributed by atoms with Gasteiger partial charge in [0.15, 0.2) is 0 Å². The molecular weight excluding hydrogens is 785 g/mol. The summed E-state index contributed by atoms with van der Waals surface area (Å²) in [6.07, 6.45) is 0. The van der Waals surface area contributed by atoms with Crippen LogP contribution in [-0.2, 0) is 0 Å². The quantitative estimate of drug-likeness (QED) is 0.143. The lowest BCUT2D eigenvalue weighted by atomic mass is 9.83. The molecule has 0 saturated carbocycles. The maximum atomic E-state index is 2.43. The lowest BCUT2D eigenvalue weighted by Crippen LogP contribution is -2.10. The molecule has 0 aliphatic heterocycles. The topological polar surface area (TPSA) is 6.48 Å². The third kappa shape index (κ3) is 6.84. The maximum Gasteiger partial charge on any atom is 0.0540 e. The van der Waals surface area contributed by atoms with E-state index in [0.29, 0.717) is 0 Å². The molecule has 0 N–H and O–H groups in total. The van der Waals surface area contributed by atoms with Crippen molar-refractivity contribution in [2.45, 2.75) is 5.92 Å². The summed E-state index contributed by atoms with van der Waals surface area (Å²) in [4.78, 5) is 4.76. The molecule has 2 heteroatoms. The zero-order valence-corrected chi connectivity index (χ0v) is 35.8. The molecule has 0 fully saturated rings. The first kappa shape index (κ1) is 38.2. The highest BCUT2D eigenvalue weighted by atomic mass is 15.1. The van der Waals surface area contributed by atoms with Crippen molar-refractivity contribution in [3.63, 3.8) is 0 Å². The van der Waals surface area contributed by atoms with E-state index >= 15 is 0 Å². The maximum absolute atomic E-state index is 2.43. The Balaban J connectivity index is 1.01. The van der Waals surface area contributed by atoms with E-state index < -0.39 is 0 Å². The fourth-order valence-electron chi connectivity index (χ4n) is 10.1. The van der Waals surface area contributed by atoms with E-state index in [4.69, 9.17) is 0 Å². The van der Waals surface area contributed by atoms with Crippen LogP contribution in [0.5, 0.6) is 0 Å². The second-order valence-corrected chi connectivity index (χ2v) is 16.8. The molecule has 0 aromatic heterocycles. The summed E-state index contributed by atoms with van der Waals surface area (Å²) in [5.74, 6) is 0.102. The van der Waals surface area contributed by atoms with Gasteiger partial charge in [0.2, 0.25) is 0 Å². The Labute approximate surface area is 380 Å². The van der Waals surface area contributed by atoms with Gasteiger partial charge in [0.1, 0.15) is 0 Å². The number of benzene rings is 11. The Morgan fingerprint density at radius 1 is 0.277 bits per heavy atom. The van der Waals surface area contributed by atoms with Gasteiger partial charge in [-0.05, 0) is 134 Å². The van der Waals surface area contributed by atoms with Crippen molar-refractivity contribution >= 4 is 55.7 Å². The van der Waals surface area contributed by atoms with Gasteiger partial charge in [-0.1, -0.05) is 188 Å². The van der Waals surface area contributed by atoms with Crippen LogP contribution in [0, 0.1) is 0 Å². The van der Waals surface area contributed by atoms with Gasteiger partial charge in [-0.3, -0.25) is 0 Å². The Bertz CT molecular complexity index is 3460. The molecule has 1 aliphatic rings. The summed E-state index contributed by atoms with van der Waals surface area (Å²) >= 11 is 0. The van der Waals surface area contributed by atoms with Gasteiger partial charge in [0.05, 0.1) is 11.4 Å². The molecule has 306 valence electrons. The molecular formula is C63H44N2. The van der Waals surface area contributed by atoms with E-state index in [1.54, 1.807) is 0 Å². The van der Waals surface area contributed by atoms with E-state index in [0.717, 1.165) is 34.1 Å². The lowest BCUT2D eigenvalue weighted by molar-refractivity contribution is 1.02. The highest BCUT2D eigenvalue weighted by molar-refractivity contribution is 6.01. The zero-order valence-electron chi connectivity index (χ0n) is 35.8. The van der Waals surface area contributed by atoms with Crippen molar-refractivity contribution in [2.24, 2.45) is 0 Å². The number of anilines is 6. The van der Waals surface area contributed by atoms with Crippen molar-refractivity contribution in [3.8, 4) is 33.4 Å².